The molecule has 0 spiro atoms. The molecule has 6 saturated carbocycles. The summed E-state index contributed by atoms with van der Waals surface area (Å²) in [5, 5.41) is 0. The lowest BCUT2D eigenvalue weighted by Gasteiger charge is -2.41. The van der Waals surface area contributed by atoms with Gasteiger partial charge in [0.2, 0.25) is 0 Å². The van der Waals surface area contributed by atoms with E-state index < -0.39 is 0 Å². The van der Waals surface area contributed by atoms with E-state index in [0.29, 0.717) is 22.6 Å². The van der Waals surface area contributed by atoms with Crippen LogP contribution in [0.5, 0.6) is 0 Å². The first-order chi connectivity index (χ1) is 8.42. The second kappa shape index (κ2) is 2.92. The molecule has 5 heteroatoms. The van der Waals surface area contributed by atoms with Gasteiger partial charge in [0.15, 0.2) is 0 Å². The molecule has 0 unspecified atom stereocenters. The fourth-order valence-electron chi connectivity index (χ4n) is 6.89. The minimum absolute atomic E-state index is 0.00146. The smallest absolute Gasteiger partial charge is 0.303 e. The number of halogens is 3. The van der Waals surface area contributed by atoms with Crippen molar-refractivity contribution in [3.05, 3.63) is 0 Å². The molecule has 0 aromatic rings. The molecule has 0 radical (unpaired) electrons. The average Bonchev–Trinajstić information content (AvgIpc) is 2.93. The Morgan fingerprint density at radius 1 is 1.22 bits per heavy atom. The van der Waals surface area contributed by atoms with Gasteiger partial charge in [0.1, 0.15) is 5.60 Å². The van der Waals surface area contributed by atoms with Crippen LogP contribution in [0.4, 0.5) is 0 Å². The monoisotopic (exact) mass is 438 g/mol. The third kappa shape index (κ3) is 0.828. The number of rotatable bonds is 1. The van der Waals surface area contributed by atoms with Gasteiger partial charge in [-0.15, -0.1) is 0 Å². The number of hydrogen-bond donors (Lipinski definition) is 0. The zero-order chi connectivity index (χ0) is 12.6. The van der Waals surface area contributed by atoms with Crippen LogP contribution in [0.25, 0.3) is 0 Å². The molecule has 0 aromatic heterocycles. The second-order valence-electron chi connectivity index (χ2n) is 6.77. The Morgan fingerprint density at radius 3 is 2.56 bits per heavy atom. The second-order valence-corrected chi connectivity index (χ2v) is 11.4. The van der Waals surface area contributed by atoms with Gasteiger partial charge >= 0.3 is 5.97 Å². The van der Waals surface area contributed by atoms with Crippen molar-refractivity contribution < 1.29 is 9.53 Å². The van der Waals surface area contributed by atoms with Crippen molar-refractivity contribution in [1.29, 1.82) is 0 Å². The highest BCUT2D eigenvalue weighted by Crippen LogP contribution is 2.90. The van der Waals surface area contributed by atoms with Crippen LogP contribution in [0.1, 0.15) is 13.3 Å². The molecule has 9 atom stereocenters. The number of esters is 1. The van der Waals surface area contributed by atoms with Crippen molar-refractivity contribution in [2.24, 2.45) is 41.4 Å². The summed E-state index contributed by atoms with van der Waals surface area (Å²) < 4.78 is 5.98. The highest BCUT2D eigenvalue weighted by atomic mass is 79.9. The van der Waals surface area contributed by atoms with E-state index in [1.807, 2.05) is 0 Å². The largest absolute Gasteiger partial charge is 0.457 e. The van der Waals surface area contributed by atoms with E-state index in [1.165, 1.54) is 6.42 Å². The quantitative estimate of drug-likeness (QED) is 0.462. The Morgan fingerprint density at radius 2 is 1.89 bits per heavy atom. The summed E-state index contributed by atoms with van der Waals surface area (Å²) in [5.41, 5.74) is -0.240. The maximum absolute atomic E-state index is 11.6. The molecule has 6 fully saturated rings. The Hall–Kier alpha value is 0.910. The summed E-state index contributed by atoms with van der Waals surface area (Å²) in [5.74, 6) is 4.64. The van der Waals surface area contributed by atoms with E-state index in [-0.39, 0.29) is 14.8 Å². The maximum atomic E-state index is 11.6. The Labute approximate surface area is 131 Å². The molecular formula is C13H13Br3O2. The molecule has 0 saturated heterocycles. The van der Waals surface area contributed by atoms with E-state index in [4.69, 9.17) is 4.74 Å². The van der Waals surface area contributed by atoms with Gasteiger partial charge in [-0.3, -0.25) is 4.79 Å². The first kappa shape index (κ1) is 11.6. The zero-order valence-electron chi connectivity index (χ0n) is 9.78. The van der Waals surface area contributed by atoms with E-state index in [9.17, 15) is 4.79 Å². The molecule has 6 rings (SSSR count). The summed E-state index contributed by atoms with van der Waals surface area (Å²) in [4.78, 5) is 12.0. The topological polar surface area (TPSA) is 26.3 Å². The van der Waals surface area contributed by atoms with E-state index in [0.717, 1.165) is 23.7 Å². The minimum atomic E-state index is -0.240. The first-order valence-corrected chi connectivity index (χ1v) is 9.14. The molecular weight excluding hydrogens is 428 g/mol. The summed E-state index contributed by atoms with van der Waals surface area (Å²) >= 11 is 11.8. The van der Waals surface area contributed by atoms with Crippen LogP contribution < -0.4 is 0 Å². The molecule has 6 aliphatic carbocycles. The van der Waals surface area contributed by atoms with Crippen molar-refractivity contribution in [3.8, 4) is 0 Å². The number of ether oxygens (including phenoxy) is 1. The van der Waals surface area contributed by atoms with Gasteiger partial charge in [0.05, 0.1) is 8.06 Å². The first-order valence-electron chi connectivity index (χ1n) is 6.64. The Bertz CT molecular complexity index is 493. The van der Waals surface area contributed by atoms with Crippen LogP contribution in [0, 0.1) is 41.4 Å². The molecule has 2 nitrogen and oxygen atoms in total. The summed E-state index contributed by atoms with van der Waals surface area (Å²) in [6, 6.07) is 0. The third-order valence-corrected chi connectivity index (χ3v) is 10.00. The van der Waals surface area contributed by atoms with E-state index in [2.05, 4.69) is 47.8 Å². The lowest BCUT2D eigenvalue weighted by molar-refractivity contribution is -0.167. The van der Waals surface area contributed by atoms with Gasteiger partial charge in [-0.1, -0.05) is 47.8 Å². The lowest BCUT2D eigenvalue weighted by Crippen LogP contribution is -2.49. The third-order valence-electron chi connectivity index (χ3n) is 6.63. The van der Waals surface area contributed by atoms with Crippen LogP contribution in [0.2, 0.25) is 0 Å². The van der Waals surface area contributed by atoms with E-state index in [1.54, 1.807) is 6.92 Å². The Balaban J connectivity index is 1.76. The van der Waals surface area contributed by atoms with Gasteiger partial charge in [-0.05, 0) is 36.0 Å². The number of alkyl halides is 3. The molecule has 0 N–H and O–H groups in total. The average molecular weight is 441 g/mol. The van der Waals surface area contributed by atoms with Crippen molar-refractivity contribution >= 4 is 53.8 Å². The predicted molar refractivity (Wildman–Crippen MR) is 76.8 cm³/mol. The van der Waals surface area contributed by atoms with Crippen LogP contribution in [0.3, 0.4) is 0 Å². The van der Waals surface area contributed by atoms with Gasteiger partial charge in [-0.25, -0.2) is 0 Å². The molecule has 0 heterocycles. The normalized spacial score (nSPS) is 67.6. The summed E-state index contributed by atoms with van der Waals surface area (Å²) in [6.07, 6.45) is 1.35. The molecule has 0 aromatic carbocycles. The zero-order valence-corrected chi connectivity index (χ0v) is 14.5. The van der Waals surface area contributed by atoms with Crippen molar-refractivity contribution in [2.45, 2.75) is 27.0 Å². The summed E-state index contributed by atoms with van der Waals surface area (Å²) in [7, 11) is 0. The number of carbonyl (C=O) groups excluding carboxylic acids is 1. The fraction of sp³-hybridized carbons (Fsp3) is 0.923. The van der Waals surface area contributed by atoms with Gasteiger partial charge in [-0.2, -0.15) is 0 Å². The highest BCUT2D eigenvalue weighted by molar-refractivity contribution is 9.25. The van der Waals surface area contributed by atoms with Gasteiger partial charge in [0.25, 0.3) is 0 Å². The molecule has 0 aliphatic heterocycles. The van der Waals surface area contributed by atoms with Crippen LogP contribution in [-0.4, -0.2) is 19.6 Å². The standard InChI is InChI=1S/C13H13Br3O2/c1-3(17)18-12-8-5-2-4-6(7(5)11(12)14)10(12)13(15,16)9(4)8/h4-11H,2H2,1H3/t4-,5+,6-,7+,8-,9+,10-,11-,12-/m1/s1. The predicted octanol–water partition coefficient (Wildman–Crippen LogP) is 3.31. The molecule has 6 bridgehead atoms. The maximum Gasteiger partial charge on any atom is 0.303 e. The van der Waals surface area contributed by atoms with Gasteiger partial charge < -0.3 is 4.74 Å². The SMILES string of the molecule is CC(=O)O[C@@]12[C@@H]3[C@H]4C[C@@H]5[C@H]([C@H]4[C@H]1Br)[C@H]2C(Br)(Br)[C@@H]53. The van der Waals surface area contributed by atoms with Crippen LogP contribution in [0.15, 0.2) is 0 Å². The molecule has 98 valence electrons. The van der Waals surface area contributed by atoms with Crippen LogP contribution >= 0.6 is 47.8 Å². The molecule has 6 aliphatic rings. The van der Waals surface area contributed by atoms with Crippen molar-refractivity contribution in [1.82, 2.24) is 0 Å². The highest BCUT2D eigenvalue weighted by Gasteiger charge is 2.93. The van der Waals surface area contributed by atoms with Crippen molar-refractivity contribution in [3.63, 3.8) is 0 Å². The van der Waals surface area contributed by atoms with E-state index >= 15 is 0 Å². The number of carbonyl (C=O) groups is 1. The van der Waals surface area contributed by atoms with Crippen molar-refractivity contribution in [2.75, 3.05) is 0 Å². The summed E-state index contributed by atoms with van der Waals surface area (Å²) in [6.45, 7) is 1.56. The lowest BCUT2D eigenvalue weighted by atomic mass is 9.69. The minimum Gasteiger partial charge on any atom is -0.457 e. The fourth-order valence-corrected chi connectivity index (χ4v) is 10.9. The Kier molecular flexibility index (Phi) is 1.87. The van der Waals surface area contributed by atoms with Gasteiger partial charge in [0, 0.05) is 18.8 Å². The van der Waals surface area contributed by atoms with Crippen LogP contribution in [-0.2, 0) is 9.53 Å². The molecule has 0 amide bonds. The number of hydrogen-bond acceptors (Lipinski definition) is 2. The molecule has 18 heavy (non-hydrogen) atoms.